The number of rotatable bonds is 7. The van der Waals surface area contributed by atoms with Crippen LogP contribution in [0.4, 0.5) is 24.5 Å². The maximum absolute atomic E-state index is 14.6. The molecule has 5 aromatic rings. The number of nitrogens with one attached hydrogen (secondary N) is 1. The SMILES string of the molecule is CCc1c(N2CCN(C(=O)c3ncnc(C)c3O)[C@H]3CC[C@@H]32)c(=O)n2nc(-c3ccc4c(c3)CCO4)nc2n1CC(=O)Nc1ccc(C(F)(F)F)cc1Cl. The summed E-state index contributed by atoms with van der Waals surface area (Å²) in [5, 5.41) is 17.5. The van der Waals surface area contributed by atoms with Gasteiger partial charge in [-0.15, -0.1) is 5.10 Å². The zero-order chi connectivity index (χ0) is 38.1. The van der Waals surface area contributed by atoms with E-state index in [-0.39, 0.29) is 71.2 Å². The van der Waals surface area contributed by atoms with Crippen molar-refractivity contribution in [3.05, 3.63) is 86.3 Å². The monoisotopic (exact) mass is 763 g/mol. The molecule has 3 aliphatic rings. The molecule has 0 bridgehead atoms. The molecule has 280 valence electrons. The van der Waals surface area contributed by atoms with Crippen molar-refractivity contribution in [2.45, 2.75) is 64.3 Å². The van der Waals surface area contributed by atoms with E-state index < -0.39 is 29.1 Å². The predicted octanol–water partition coefficient (Wildman–Crippen LogP) is 4.66. The minimum atomic E-state index is -4.62. The summed E-state index contributed by atoms with van der Waals surface area (Å²) in [7, 11) is 0. The van der Waals surface area contributed by atoms with E-state index >= 15 is 0 Å². The van der Waals surface area contributed by atoms with E-state index in [1.807, 2.05) is 24.0 Å². The van der Waals surface area contributed by atoms with Crippen molar-refractivity contribution in [2.24, 2.45) is 0 Å². The Bertz CT molecular complexity index is 2420. The van der Waals surface area contributed by atoms with Gasteiger partial charge in [0.25, 0.3) is 11.5 Å². The molecule has 3 aromatic heterocycles. The molecule has 14 nitrogen and oxygen atoms in total. The van der Waals surface area contributed by atoms with Gasteiger partial charge in [-0.2, -0.15) is 22.7 Å². The molecule has 54 heavy (non-hydrogen) atoms. The highest BCUT2D eigenvalue weighted by Gasteiger charge is 2.47. The predicted molar refractivity (Wildman–Crippen MR) is 190 cm³/mol. The van der Waals surface area contributed by atoms with Crippen LogP contribution in [0.5, 0.6) is 11.5 Å². The second-order valence-electron chi connectivity index (χ2n) is 13.4. The Balaban J connectivity index is 1.19. The topological polar surface area (TPSA) is 160 Å². The van der Waals surface area contributed by atoms with E-state index in [1.54, 1.807) is 22.5 Å². The summed E-state index contributed by atoms with van der Waals surface area (Å²) in [5.74, 6) is -0.244. The second-order valence-corrected chi connectivity index (χ2v) is 13.8. The average Bonchev–Trinajstić information content (AvgIpc) is 3.79. The molecule has 1 saturated carbocycles. The number of hydrogen-bond donors (Lipinski definition) is 2. The Morgan fingerprint density at radius 3 is 2.61 bits per heavy atom. The molecule has 0 unspecified atom stereocenters. The lowest BCUT2D eigenvalue weighted by molar-refractivity contribution is -0.137. The number of piperazine rings is 1. The fraction of sp³-hybridized carbons (Fsp3) is 0.361. The third-order valence-electron chi connectivity index (χ3n) is 10.3. The van der Waals surface area contributed by atoms with Crippen LogP contribution in [0.3, 0.4) is 0 Å². The molecule has 0 radical (unpaired) electrons. The Labute approximate surface area is 310 Å². The highest BCUT2D eigenvalue weighted by molar-refractivity contribution is 6.33. The fourth-order valence-corrected chi connectivity index (χ4v) is 7.73. The number of nitrogens with zero attached hydrogens (tertiary/aromatic N) is 8. The summed E-state index contributed by atoms with van der Waals surface area (Å²) in [4.78, 5) is 58.3. The normalized spacial score (nSPS) is 17.9. The van der Waals surface area contributed by atoms with E-state index in [9.17, 15) is 32.7 Å². The zero-order valence-electron chi connectivity index (χ0n) is 29.0. The number of aromatic nitrogens is 6. The molecular weight excluding hydrogens is 731 g/mol. The Morgan fingerprint density at radius 1 is 1.09 bits per heavy atom. The number of carbonyl (C=O) groups is 2. The van der Waals surface area contributed by atoms with Crippen molar-refractivity contribution < 1.29 is 32.6 Å². The summed E-state index contributed by atoms with van der Waals surface area (Å²) in [6.45, 7) is 4.06. The standard InChI is InChI=1S/C36H33ClF3N9O5/c1-3-24-30(46-11-12-47(26-8-7-25(26)46)33(52)29-31(51)18(2)41-17-42-29)34(53)49-35(44-32(45-49)20-4-9-27-19(14-20)10-13-54-27)48(24)16-28(50)43-23-6-5-21(15-22(23)37)36(38,39)40/h4-6,9,14-15,17,25-26,51H,3,7-8,10-13,16H2,1-2H3,(H,43,50)/t25-,26-/m0/s1. The van der Waals surface area contributed by atoms with Crippen molar-refractivity contribution in [3.8, 4) is 22.9 Å². The van der Waals surface area contributed by atoms with Gasteiger partial charge >= 0.3 is 6.18 Å². The highest BCUT2D eigenvalue weighted by atomic mass is 35.5. The van der Waals surface area contributed by atoms with Gasteiger partial charge in [0.15, 0.2) is 17.3 Å². The Kier molecular flexibility index (Phi) is 8.70. The largest absolute Gasteiger partial charge is 0.504 e. The van der Waals surface area contributed by atoms with E-state index in [0.717, 1.165) is 29.5 Å². The first kappa shape index (κ1) is 35.3. The molecule has 0 spiro atoms. The average molecular weight is 764 g/mol. The third-order valence-corrected chi connectivity index (χ3v) is 10.6. The van der Waals surface area contributed by atoms with Crippen molar-refractivity contribution >= 4 is 40.6 Å². The van der Waals surface area contributed by atoms with Crippen LogP contribution >= 0.6 is 11.6 Å². The molecule has 2 N–H and O–H groups in total. The lowest BCUT2D eigenvalue weighted by Gasteiger charge is -2.54. The molecule has 2 amide bonds. The number of fused-ring (bicyclic) bond motifs is 3. The van der Waals surface area contributed by atoms with Crippen LogP contribution in [0.1, 0.15) is 52.8 Å². The molecule has 2 aromatic carbocycles. The van der Waals surface area contributed by atoms with Crippen molar-refractivity contribution in [2.75, 3.05) is 29.9 Å². The van der Waals surface area contributed by atoms with Crippen LogP contribution in [0.2, 0.25) is 5.02 Å². The Morgan fingerprint density at radius 2 is 1.89 bits per heavy atom. The van der Waals surface area contributed by atoms with Gasteiger partial charge in [0.05, 0.1) is 40.3 Å². The zero-order valence-corrected chi connectivity index (χ0v) is 29.8. The smallest absolute Gasteiger partial charge is 0.416 e. The summed E-state index contributed by atoms with van der Waals surface area (Å²) in [6, 6.07) is 7.61. The number of hydrogen-bond acceptors (Lipinski definition) is 10. The lowest BCUT2D eigenvalue weighted by Crippen LogP contribution is -2.67. The molecule has 2 aliphatic heterocycles. The molecule has 1 aliphatic carbocycles. The van der Waals surface area contributed by atoms with Gasteiger partial charge in [0, 0.05) is 31.1 Å². The van der Waals surface area contributed by atoms with E-state index in [1.165, 1.54) is 10.8 Å². The van der Waals surface area contributed by atoms with Gasteiger partial charge in [0.2, 0.25) is 11.7 Å². The maximum Gasteiger partial charge on any atom is 0.416 e. The van der Waals surface area contributed by atoms with E-state index in [0.29, 0.717) is 49.2 Å². The second kappa shape index (κ2) is 13.3. The van der Waals surface area contributed by atoms with E-state index in [4.69, 9.17) is 21.3 Å². The number of ether oxygens (including phenoxy) is 1. The van der Waals surface area contributed by atoms with Crippen molar-refractivity contribution in [1.29, 1.82) is 0 Å². The Hall–Kier alpha value is -5.71. The van der Waals surface area contributed by atoms with Crippen LogP contribution in [0, 0.1) is 6.92 Å². The molecule has 8 rings (SSSR count). The quantitative estimate of drug-likeness (QED) is 0.239. The van der Waals surface area contributed by atoms with Crippen LogP contribution < -0.4 is 20.5 Å². The third kappa shape index (κ3) is 5.95. The van der Waals surface area contributed by atoms with Crippen LogP contribution in [-0.4, -0.2) is 82.7 Å². The van der Waals surface area contributed by atoms with Gasteiger partial charge in [-0.1, -0.05) is 18.5 Å². The molecular formula is C36H33ClF3N9O5. The first-order valence-electron chi connectivity index (χ1n) is 17.4. The summed E-state index contributed by atoms with van der Waals surface area (Å²) >= 11 is 6.17. The first-order chi connectivity index (χ1) is 25.8. The summed E-state index contributed by atoms with van der Waals surface area (Å²) < 4.78 is 48.3. The highest BCUT2D eigenvalue weighted by Crippen LogP contribution is 2.39. The fourth-order valence-electron chi connectivity index (χ4n) is 7.50. The lowest BCUT2D eigenvalue weighted by atomic mass is 9.81. The number of amides is 2. The number of alkyl halides is 3. The van der Waals surface area contributed by atoms with Gasteiger partial charge in [-0.05, 0) is 68.1 Å². The molecule has 2 atom stereocenters. The number of benzene rings is 2. The molecule has 18 heteroatoms. The number of carbonyl (C=O) groups excluding carboxylic acids is 2. The minimum Gasteiger partial charge on any atom is -0.504 e. The maximum atomic E-state index is 14.6. The molecule has 5 heterocycles. The number of aryl methyl sites for hydroxylation is 1. The first-order valence-corrected chi connectivity index (χ1v) is 17.7. The minimum absolute atomic E-state index is 0.0180. The van der Waals surface area contributed by atoms with Gasteiger partial charge < -0.3 is 29.5 Å². The molecule has 2 fully saturated rings. The van der Waals surface area contributed by atoms with Crippen molar-refractivity contribution in [1.82, 2.24) is 34.0 Å². The number of anilines is 2. The van der Waals surface area contributed by atoms with Gasteiger partial charge in [-0.25, -0.2) is 9.97 Å². The van der Waals surface area contributed by atoms with Crippen molar-refractivity contribution in [3.63, 3.8) is 0 Å². The van der Waals surface area contributed by atoms with Crippen LogP contribution in [0.25, 0.3) is 17.2 Å². The molecule has 1 saturated heterocycles. The van der Waals surface area contributed by atoms with E-state index in [2.05, 4.69) is 20.4 Å². The van der Waals surface area contributed by atoms with Crippen LogP contribution in [0.15, 0.2) is 47.5 Å². The van der Waals surface area contributed by atoms with Gasteiger partial charge in [0.1, 0.15) is 24.3 Å². The number of halogens is 4. The van der Waals surface area contributed by atoms with Gasteiger partial charge in [-0.3, -0.25) is 14.4 Å². The summed E-state index contributed by atoms with van der Waals surface area (Å²) in [6.07, 6.45) is -1.08. The number of aromatic hydroxyl groups is 1. The van der Waals surface area contributed by atoms with Crippen LogP contribution in [-0.2, 0) is 30.4 Å². The summed E-state index contributed by atoms with van der Waals surface area (Å²) in [5.41, 5.74) is 1.15.